The van der Waals surface area contributed by atoms with Crippen LogP contribution in [0.1, 0.15) is 17.3 Å². The summed E-state index contributed by atoms with van der Waals surface area (Å²) in [4.78, 5) is 31.7. The van der Waals surface area contributed by atoms with Crippen LogP contribution in [0.15, 0.2) is 77.7 Å². The Morgan fingerprint density at radius 2 is 1.76 bits per heavy atom. The third-order valence-electron chi connectivity index (χ3n) is 5.13. The van der Waals surface area contributed by atoms with Gasteiger partial charge in [-0.1, -0.05) is 42.5 Å². The highest BCUT2D eigenvalue weighted by atomic mass is 32.2. The van der Waals surface area contributed by atoms with Crippen LogP contribution in [0, 0.1) is 0 Å². The minimum absolute atomic E-state index is 0.0483. The molecule has 0 aliphatic carbocycles. The number of aromatic amines is 1. The van der Waals surface area contributed by atoms with E-state index in [0.29, 0.717) is 28.1 Å². The highest BCUT2D eigenvalue weighted by Gasteiger charge is 2.24. The Balaban J connectivity index is 1.51. The lowest BCUT2D eigenvalue weighted by atomic mass is 10.1. The second kappa shape index (κ2) is 8.97. The van der Waals surface area contributed by atoms with Crippen LogP contribution < -0.4 is 5.32 Å². The van der Waals surface area contributed by atoms with Crippen LogP contribution in [0.2, 0.25) is 0 Å². The zero-order valence-electron chi connectivity index (χ0n) is 18.1. The van der Waals surface area contributed by atoms with E-state index in [-0.39, 0.29) is 17.2 Å². The van der Waals surface area contributed by atoms with Gasteiger partial charge in [0.05, 0.1) is 22.5 Å². The van der Waals surface area contributed by atoms with Gasteiger partial charge in [-0.15, -0.1) is 0 Å². The zero-order chi connectivity index (χ0) is 23.6. The quantitative estimate of drug-likeness (QED) is 0.407. The van der Waals surface area contributed by atoms with E-state index in [0.717, 1.165) is 9.87 Å². The third kappa shape index (κ3) is 4.84. The number of H-pyrrole nitrogens is 1. The number of aromatic nitrogens is 2. The number of nitrogens with one attached hydrogen (secondary N) is 2. The van der Waals surface area contributed by atoms with Gasteiger partial charge in [-0.25, -0.2) is 13.4 Å². The van der Waals surface area contributed by atoms with Gasteiger partial charge in [0.2, 0.25) is 15.9 Å². The van der Waals surface area contributed by atoms with Crippen LogP contribution in [-0.2, 0) is 14.8 Å². The first-order chi connectivity index (χ1) is 15.7. The Hall–Kier alpha value is -3.82. The van der Waals surface area contributed by atoms with Crippen molar-refractivity contribution in [2.24, 2.45) is 0 Å². The Labute approximate surface area is 191 Å². The average Bonchev–Trinajstić information content (AvgIpc) is 3.23. The van der Waals surface area contributed by atoms with Crippen LogP contribution in [0.4, 0.5) is 5.69 Å². The topological polar surface area (TPSA) is 112 Å². The maximum Gasteiger partial charge on any atom is 0.243 e. The van der Waals surface area contributed by atoms with Crippen LogP contribution in [0.25, 0.3) is 22.4 Å². The number of sulfonamides is 1. The minimum atomic E-state index is -3.92. The van der Waals surface area contributed by atoms with E-state index in [1.54, 1.807) is 30.3 Å². The molecular weight excluding hydrogens is 440 g/mol. The number of imidazole rings is 1. The molecule has 0 aliphatic heterocycles. The van der Waals surface area contributed by atoms with Gasteiger partial charge in [-0.05, 0) is 37.3 Å². The maximum absolute atomic E-state index is 13.1. The molecule has 4 rings (SSSR count). The minimum Gasteiger partial charge on any atom is -0.338 e. The van der Waals surface area contributed by atoms with Crippen LogP contribution >= 0.6 is 0 Å². The number of hydrogen-bond acceptors (Lipinski definition) is 5. The Bertz CT molecular complexity index is 1450. The molecule has 0 bridgehead atoms. The van der Waals surface area contributed by atoms with Gasteiger partial charge in [-0.2, -0.15) is 4.31 Å². The molecule has 1 amide bonds. The number of likely N-dealkylation sites (N-methyl/N-ethyl adjacent to an activating group) is 1. The molecule has 9 heteroatoms. The molecule has 0 aliphatic rings. The number of amides is 1. The standard InChI is InChI=1S/C24H22N4O4S/c1-16(29)18-9-6-10-19(13-18)25-23(30)15-28(2)33(31,32)20-11-12-21-22(14-20)27-24(26-21)17-7-4-3-5-8-17/h3-14H,15H2,1-2H3,(H,25,30)(H,26,27). The summed E-state index contributed by atoms with van der Waals surface area (Å²) in [6, 6.07) is 20.6. The van der Waals surface area contributed by atoms with Crippen molar-refractivity contribution in [1.82, 2.24) is 14.3 Å². The molecule has 0 fully saturated rings. The summed E-state index contributed by atoms with van der Waals surface area (Å²) in [5.74, 6) is -0.00755. The van der Waals surface area contributed by atoms with Gasteiger partial charge in [0.25, 0.3) is 0 Å². The van der Waals surface area contributed by atoms with Crippen molar-refractivity contribution in [3.8, 4) is 11.4 Å². The van der Waals surface area contributed by atoms with Crippen molar-refractivity contribution in [2.75, 3.05) is 18.9 Å². The summed E-state index contributed by atoms with van der Waals surface area (Å²) < 4.78 is 27.1. The van der Waals surface area contributed by atoms with E-state index in [2.05, 4.69) is 15.3 Å². The first kappa shape index (κ1) is 22.4. The number of Topliss-reactive ketones (excluding diaryl/α,β-unsaturated/α-hetero) is 1. The second-order valence-corrected chi connectivity index (χ2v) is 9.62. The first-order valence-corrected chi connectivity index (χ1v) is 11.6. The summed E-state index contributed by atoms with van der Waals surface area (Å²) in [5.41, 5.74) is 2.98. The van der Waals surface area contributed by atoms with Crippen molar-refractivity contribution in [1.29, 1.82) is 0 Å². The Morgan fingerprint density at radius 3 is 2.48 bits per heavy atom. The summed E-state index contributed by atoms with van der Waals surface area (Å²) in [6.45, 7) is 1.05. The molecule has 168 valence electrons. The molecule has 1 heterocycles. The maximum atomic E-state index is 13.1. The predicted octanol–water partition coefficient (Wildman–Crippen LogP) is 3.69. The zero-order valence-corrected chi connectivity index (χ0v) is 18.9. The highest BCUT2D eigenvalue weighted by molar-refractivity contribution is 7.89. The van der Waals surface area contributed by atoms with Crippen molar-refractivity contribution in [2.45, 2.75) is 11.8 Å². The van der Waals surface area contributed by atoms with Crippen LogP contribution in [0.3, 0.4) is 0 Å². The van der Waals surface area contributed by atoms with E-state index in [1.165, 1.54) is 26.1 Å². The third-order valence-corrected chi connectivity index (χ3v) is 6.93. The fraction of sp³-hybridized carbons (Fsp3) is 0.125. The number of nitrogens with zero attached hydrogens (tertiary/aromatic N) is 2. The molecule has 3 aromatic carbocycles. The number of rotatable bonds is 7. The second-order valence-electron chi connectivity index (χ2n) is 7.58. The van der Waals surface area contributed by atoms with E-state index >= 15 is 0 Å². The number of carbonyl (C=O) groups is 2. The molecule has 0 spiro atoms. The fourth-order valence-electron chi connectivity index (χ4n) is 3.37. The lowest BCUT2D eigenvalue weighted by Crippen LogP contribution is -2.35. The number of anilines is 1. The number of hydrogen-bond donors (Lipinski definition) is 2. The lowest BCUT2D eigenvalue weighted by Gasteiger charge is -2.17. The van der Waals surface area contributed by atoms with Gasteiger partial charge in [0.15, 0.2) is 5.78 Å². The molecule has 0 unspecified atom stereocenters. The van der Waals surface area contributed by atoms with E-state index < -0.39 is 15.9 Å². The van der Waals surface area contributed by atoms with E-state index in [1.807, 2.05) is 30.3 Å². The predicted molar refractivity (Wildman–Crippen MR) is 126 cm³/mol. The Morgan fingerprint density at radius 1 is 1.00 bits per heavy atom. The average molecular weight is 463 g/mol. The number of fused-ring (bicyclic) bond motifs is 1. The molecule has 33 heavy (non-hydrogen) atoms. The molecule has 0 atom stereocenters. The molecule has 4 aromatic rings. The molecular formula is C24H22N4O4S. The normalized spacial score (nSPS) is 11.6. The smallest absolute Gasteiger partial charge is 0.243 e. The summed E-state index contributed by atoms with van der Waals surface area (Å²) >= 11 is 0. The summed E-state index contributed by atoms with van der Waals surface area (Å²) in [6.07, 6.45) is 0. The summed E-state index contributed by atoms with van der Waals surface area (Å²) in [7, 11) is -2.58. The first-order valence-electron chi connectivity index (χ1n) is 10.2. The van der Waals surface area contributed by atoms with Gasteiger partial charge in [0.1, 0.15) is 5.82 Å². The monoisotopic (exact) mass is 462 g/mol. The largest absolute Gasteiger partial charge is 0.338 e. The van der Waals surface area contributed by atoms with Gasteiger partial charge in [-0.3, -0.25) is 9.59 Å². The molecule has 8 nitrogen and oxygen atoms in total. The van der Waals surface area contributed by atoms with Crippen LogP contribution in [0.5, 0.6) is 0 Å². The number of carbonyl (C=O) groups excluding carboxylic acids is 2. The molecule has 0 saturated heterocycles. The fourth-order valence-corrected chi connectivity index (χ4v) is 4.52. The van der Waals surface area contributed by atoms with Crippen molar-refractivity contribution in [3.05, 3.63) is 78.4 Å². The molecule has 1 aromatic heterocycles. The molecule has 0 saturated carbocycles. The van der Waals surface area contributed by atoms with Crippen molar-refractivity contribution in [3.63, 3.8) is 0 Å². The lowest BCUT2D eigenvalue weighted by molar-refractivity contribution is -0.116. The molecule has 2 N–H and O–H groups in total. The van der Waals surface area contributed by atoms with Gasteiger partial charge >= 0.3 is 0 Å². The van der Waals surface area contributed by atoms with Gasteiger partial charge < -0.3 is 10.3 Å². The highest BCUT2D eigenvalue weighted by Crippen LogP contribution is 2.24. The van der Waals surface area contributed by atoms with Crippen molar-refractivity contribution < 1.29 is 18.0 Å². The van der Waals surface area contributed by atoms with Crippen LogP contribution in [-0.4, -0.2) is 48.0 Å². The SMILES string of the molecule is CC(=O)c1cccc(NC(=O)CN(C)S(=O)(=O)c2ccc3nc(-c4ccccc4)[nH]c3c2)c1. The molecule has 0 radical (unpaired) electrons. The number of benzene rings is 3. The summed E-state index contributed by atoms with van der Waals surface area (Å²) in [5, 5.41) is 2.63. The van der Waals surface area contributed by atoms with Crippen molar-refractivity contribution >= 4 is 38.4 Å². The Kier molecular flexibility index (Phi) is 6.08. The van der Waals surface area contributed by atoms with E-state index in [9.17, 15) is 18.0 Å². The van der Waals surface area contributed by atoms with E-state index in [4.69, 9.17) is 0 Å². The number of ketones is 1. The van der Waals surface area contributed by atoms with Gasteiger partial charge in [0, 0.05) is 23.9 Å².